The number of ether oxygens (including phenoxy) is 1. The third-order valence-corrected chi connectivity index (χ3v) is 8.01. The van der Waals surface area contributed by atoms with Gasteiger partial charge in [-0.1, -0.05) is 51.1 Å². The van der Waals surface area contributed by atoms with E-state index in [9.17, 15) is 4.39 Å². The van der Waals surface area contributed by atoms with Gasteiger partial charge in [0.05, 0.1) is 26.2 Å². The van der Waals surface area contributed by atoms with E-state index in [4.69, 9.17) is 16.3 Å². The van der Waals surface area contributed by atoms with Crippen LogP contribution in [0.4, 0.5) is 4.39 Å². The molecular weight excluding hydrogens is 523 g/mol. The van der Waals surface area contributed by atoms with E-state index < -0.39 is 0 Å². The molecule has 0 radical (unpaired) electrons. The summed E-state index contributed by atoms with van der Waals surface area (Å²) in [5, 5.41) is 9.09. The van der Waals surface area contributed by atoms with Crippen LogP contribution < -0.4 is 15.4 Å². The molecule has 4 rings (SSSR count). The molecule has 2 N–H and O–H groups in total. The summed E-state index contributed by atoms with van der Waals surface area (Å²) in [7, 11) is 1.63. The average molecular weight is 544 g/mol. The van der Waals surface area contributed by atoms with Gasteiger partial charge in [0.2, 0.25) is 0 Å². The molecule has 0 amide bonds. The lowest BCUT2D eigenvalue weighted by Crippen LogP contribution is -2.22. The highest BCUT2D eigenvalue weighted by atomic mass is 79.9. The molecule has 1 atom stereocenters. The molecule has 2 aromatic carbocycles. The monoisotopic (exact) mass is 542 g/mol. The zero-order valence-corrected chi connectivity index (χ0v) is 20.7. The molecule has 0 aromatic heterocycles. The number of benzene rings is 2. The summed E-state index contributed by atoms with van der Waals surface area (Å²) < 4.78 is 20.7. The molecule has 2 aliphatic rings. The number of aliphatic imine (C=N–C) groups is 2. The minimum atomic E-state index is -0.253. The number of halogens is 3. The molecule has 2 aliphatic heterocycles. The topological polar surface area (TPSA) is 58.0 Å². The summed E-state index contributed by atoms with van der Waals surface area (Å²) in [4.78, 5) is 9.06. The molecule has 31 heavy (non-hydrogen) atoms. The van der Waals surface area contributed by atoms with Crippen LogP contribution in [0.1, 0.15) is 22.7 Å². The zero-order valence-electron chi connectivity index (χ0n) is 16.8. The van der Waals surface area contributed by atoms with Gasteiger partial charge in [0.15, 0.2) is 10.3 Å². The maximum Gasteiger partial charge on any atom is 0.157 e. The Bertz CT molecular complexity index is 1040. The molecule has 5 nitrogen and oxygen atoms in total. The van der Waals surface area contributed by atoms with Gasteiger partial charge in [0.1, 0.15) is 11.6 Å². The minimum Gasteiger partial charge on any atom is -0.496 e. The van der Waals surface area contributed by atoms with Crippen molar-refractivity contribution in [2.75, 3.05) is 25.2 Å². The maximum absolute atomic E-state index is 14.4. The van der Waals surface area contributed by atoms with Crippen molar-refractivity contribution in [1.29, 1.82) is 0 Å². The van der Waals surface area contributed by atoms with Crippen molar-refractivity contribution in [2.24, 2.45) is 9.98 Å². The summed E-state index contributed by atoms with van der Waals surface area (Å²) >= 11 is 13.1. The van der Waals surface area contributed by atoms with Gasteiger partial charge in [-0.2, -0.15) is 0 Å². The Labute approximate surface area is 202 Å². The fraction of sp³-hybridized carbons (Fsp3) is 0.333. The van der Waals surface area contributed by atoms with Gasteiger partial charge in [-0.25, -0.2) is 4.39 Å². The van der Waals surface area contributed by atoms with Gasteiger partial charge in [0.25, 0.3) is 0 Å². The first-order chi connectivity index (χ1) is 15.0. The first-order valence-electron chi connectivity index (χ1n) is 9.68. The van der Waals surface area contributed by atoms with E-state index in [-0.39, 0.29) is 11.9 Å². The van der Waals surface area contributed by atoms with Crippen molar-refractivity contribution < 1.29 is 9.13 Å². The smallest absolute Gasteiger partial charge is 0.157 e. The number of nitrogens with one attached hydrogen (secondary N) is 2. The Morgan fingerprint density at radius 3 is 2.97 bits per heavy atom. The maximum atomic E-state index is 14.4. The van der Waals surface area contributed by atoms with Crippen LogP contribution in [0.25, 0.3) is 0 Å². The quantitative estimate of drug-likeness (QED) is 0.513. The lowest BCUT2D eigenvalue weighted by Gasteiger charge is -2.16. The molecule has 2 heterocycles. The van der Waals surface area contributed by atoms with E-state index in [2.05, 4.69) is 36.5 Å². The number of methoxy groups -OCH3 is 1. The van der Waals surface area contributed by atoms with E-state index in [1.807, 2.05) is 12.1 Å². The molecule has 0 saturated carbocycles. The largest absolute Gasteiger partial charge is 0.496 e. The molecular formula is C21H21BrClFN4OS2. The molecule has 0 aliphatic carbocycles. The highest BCUT2D eigenvalue weighted by Gasteiger charge is 2.25. The Morgan fingerprint density at radius 1 is 1.32 bits per heavy atom. The molecule has 1 fully saturated rings. The lowest BCUT2D eigenvalue weighted by molar-refractivity contribution is 0.410. The summed E-state index contributed by atoms with van der Waals surface area (Å²) in [5.74, 6) is 2.26. The summed E-state index contributed by atoms with van der Waals surface area (Å²) in [5.41, 5.74) is 2.67. The number of thioether (sulfide) groups is 2. The first-order valence-corrected chi connectivity index (χ1v) is 12.8. The first kappa shape index (κ1) is 22.8. The van der Waals surface area contributed by atoms with Crippen LogP contribution in [0.15, 0.2) is 44.8 Å². The summed E-state index contributed by atoms with van der Waals surface area (Å²) in [6.07, 6.45) is 0. The van der Waals surface area contributed by atoms with E-state index in [0.717, 1.165) is 55.3 Å². The van der Waals surface area contributed by atoms with Gasteiger partial charge in [0, 0.05) is 33.1 Å². The number of amidine groups is 2. The van der Waals surface area contributed by atoms with Crippen LogP contribution in [0.3, 0.4) is 0 Å². The molecule has 2 aromatic rings. The van der Waals surface area contributed by atoms with Crippen molar-refractivity contribution >= 4 is 61.4 Å². The lowest BCUT2D eigenvalue weighted by atomic mass is 10.0. The second kappa shape index (κ2) is 10.5. The summed E-state index contributed by atoms with van der Waals surface area (Å²) in [6.45, 7) is 1.80. The predicted octanol–water partition coefficient (Wildman–Crippen LogP) is 5.38. The van der Waals surface area contributed by atoms with Crippen LogP contribution in [0.5, 0.6) is 5.75 Å². The van der Waals surface area contributed by atoms with E-state index >= 15 is 0 Å². The normalized spacial score (nSPS) is 19.4. The van der Waals surface area contributed by atoms with E-state index in [1.165, 1.54) is 0 Å². The van der Waals surface area contributed by atoms with Crippen molar-refractivity contribution in [1.82, 2.24) is 10.6 Å². The fourth-order valence-corrected chi connectivity index (χ4v) is 5.89. The third-order valence-electron chi connectivity index (χ3n) is 4.85. The molecule has 0 spiro atoms. The van der Waals surface area contributed by atoms with E-state index in [0.29, 0.717) is 18.1 Å². The van der Waals surface area contributed by atoms with Gasteiger partial charge in [-0.3, -0.25) is 9.98 Å². The Hall–Kier alpha value is -1.42. The van der Waals surface area contributed by atoms with Crippen LogP contribution in [0, 0.1) is 5.82 Å². The van der Waals surface area contributed by atoms with Crippen LogP contribution in [-0.4, -0.2) is 35.5 Å². The zero-order chi connectivity index (χ0) is 21.8. The average Bonchev–Trinajstić information content (AvgIpc) is 3.45. The molecule has 1 saturated heterocycles. The van der Waals surface area contributed by atoms with Crippen LogP contribution in [0.2, 0.25) is 5.02 Å². The van der Waals surface area contributed by atoms with Crippen molar-refractivity contribution in [2.45, 2.75) is 19.1 Å². The minimum absolute atomic E-state index is 0.0352. The third kappa shape index (κ3) is 5.69. The Morgan fingerprint density at radius 2 is 2.19 bits per heavy atom. The van der Waals surface area contributed by atoms with Crippen molar-refractivity contribution in [3.63, 3.8) is 0 Å². The van der Waals surface area contributed by atoms with Gasteiger partial charge >= 0.3 is 0 Å². The number of nitrogens with zero attached hydrogens (tertiary/aromatic N) is 2. The van der Waals surface area contributed by atoms with Gasteiger partial charge in [-0.15, -0.1) is 0 Å². The standard InChI is InChI=1S/C21H21BrClFN4OS2/c1-29-18-3-2-14(23)6-12(18)9-27-21-28-17(11-31-21)16-8-15(24)7-13(19(16)22)10-26-20-25-4-5-30-20/h2-3,6-8,17H,4-5,9-11H2,1H3,(H,25,26)(H,27,28). The molecule has 1 unspecified atom stereocenters. The number of rotatable bonds is 6. The highest BCUT2D eigenvalue weighted by molar-refractivity contribution is 9.10. The molecule has 10 heteroatoms. The van der Waals surface area contributed by atoms with Gasteiger partial charge < -0.3 is 15.4 Å². The fourth-order valence-electron chi connectivity index (χ4n) is 3.35. The Kier molecular flexibility index (Phi) is 7.68. The Balaban J connectivity index is 1.46. The van der Waals surface area contributed by atoms with Crippen molar-refractivity contribution in [3.8, 4) is 5.75 Å². The molecule has 164 valence electrons. The second-order valence-corrected chi connectivity index (χ2v) is 10.3. The number of hydrogen-bond donors (Lipinski definition) is 2. The van der Waals surface area contributed by atoms with Crippen molar-refractivity contribution in [3.05, 3.63) is 62.3 Å². The predicted molar refractivity (Wildman–Crippen MR) is 133 cm³/mol. The highest BCUT2D eigenvalue weighted by Crippen LogP contribution is 2.34. The molecule has 0 bridgehead atoms. The van der Waals surface area contributed by atoms with E-state index in [1.54, 1.807) is 48.8 Å². The van der Waals surface area contributed by atoms with Crippen LogP contribution in [-0.2, 0) is 13.1 Å². The van der Waals surface area contributed by atoms with Gasteiger partial charge in [-0.05, 0) is 41.5 Å². The SMILES string of the molecule is COc1ccc(Cl)cc1CN=C1NC(c2cc(F)cc(CNC3=NCCS3)c2Br)CS1. The van der Waals surface area contributed by atoms with Crippen LogP contribution >= 0.6 is 51.1 Å². The summed E-state index contributed by atoms with van der Waals surface area (Å²) in [6, 6.07) is 8.59. The second-order valence-electron chi connectivity index (χ2n) is 6.94. The number of hydrogen-bond acceptors (Lipinski definition) is 6.